The third-order valence-electron chi connectivity index (χ3n) is 8.55. The molecular formula is C38H28N2. The molecular weight excluding hydrogens is 484 g/mol. The number of para-hydroxylation sites is 4. The molecule has 0 aliphatic rings. The van der Waals surface area contributed by atoms with Crippen LogP contribution in [-0.2, 0) is 0 Å². The van der Waals surface area contributed by atoms with Gasteiger partial charge in [0.15, 0.2) is 0 Å². The summed E-state index contributed by atoms with van der Waals surface area (Å²) in [6.07, 6.45) is 0. The minimum absolute atomic E-state index is 1.21. The lowest BCUT2D eigenvalue weighted by atomic mass is 9.95. The lowest BCUT2D eigenvalue weighted by Crippen LogP contribution is -2.06. The van der Waals surface area contributed by atoms with E-state index in [4.69, 9.17) is 0 Å². The predicted octanol–water partition coefficient (Wildman–Crippen LogP) is 10.2. The molecule has 0 N–H and O–H groups in total. The fraction of sp³-hybridized carbons (Fsp3) is 0.0526. The molecule has 0 atom stereocenters. The number of hydrogen-bond acceptors (Lipinski definition) is 0. The molecule has 0 saturated heterocycles. The summed E-state index contributed by atoms with van der Waals surface area (Å²) >= 11 is 0. The molecule has 0 aliphatic carbocycles. The molecule has 0 aliphatic heterocycles. The van der Waals surface area contributed by atoms with E-state index >= 15 is 0 Å². The number of benzene rings is 6. The zero-order valence-electron chi connectivity index (χ0n) is 22.6. The maximum Gasteiger partial charge on any atom is 0.0573 e. The summed E-state index contributed by atoms with van der Waals surface area (Å²) in [6.45, 7) is 4.57. The molecule has 0 saturated carbocycles. The van der Waals surface area contributed by atoms with Crippen molar-refractivity contribution in [3.63, 3.8) is 0 Å². The van der Waals surface area contributed by atoms with Crippen molar-refractivity contribution in [2.24, 2.45) is 0 Å². The fourth-order valence-electron chi connectivity index (χ4n) is 6.59. The monoisotopic (exact) mass is 512 g/mol. The van der Waals surface area contributed by atoms with Crippen molar-refractivity contribution in [3.05, 3.63) is 145 Å². The summed E-state index contributed by atoms with van der Waals surface area (Å²) in [5.41, 5.74) is 12.4. The van der Waals surface area contributed by atoms with E-state index in [1.54, 1.807) is 0 Å². The molecule has 40 heavy (non-hydrogen) atoms. The predicted molar refractivity (Wildman–Crippen MR) is 170 cm³/mol. The molecule has 0 amide bonds. The molecule has 0 spiro atoms. The first-order valence-electron chi connectivity index (χ1n) is 13.9. The van der Waals surface area contributed by atoms with Crippen LogP contribution in [0.4, 0.5) is 0 Å². The van der Waals surface area contributed by atoms with Gasteiger partial charge in [0.1, 0.15) is 0 Å². The normalized spacial score (nSPS) is 11.8. The average Bonchev–Trinajstić information content (AvgIpc) is 3.52. The van der Waals surface area contributed by atoms with Crippen LogP contribution in [-0.4, -0.2) is 9.13 Å². The van der Waals surface area contributed by atoms with Gasteiger partial charge in [-0.05, 0) is 60.9 Å². The molecule has 0 fully saturated rings. The molecule has 0 unspecified atom stereocenters. The highest BCUT2D eigenvalue weighted by molar-refractivity contribution is 6.11. The van der Waals surface area contributed by atoms with E-state index < -0.39 is 0 Å². The van der Waals surface area contributed by atoms with Gasteiger partial charge in [-0.3, -0.25) is 0 Å². The van der Waals surface area contributed by atoms with Crippen LogP contribution in [0.5, 0.6) is 0 Å². The Morgan fingerprint density at radius 2 is 0.800 bits per heavy atom. The number of hydrogen-bond donors (Lipinski definition) is 0. The first-order valence-corrected chi connectivity index (χ1v) is 13.9. The maximum absolute atomic E-state index is 2.48. The summed E-state index contributed by atoms with van der Waals surface area (Å²) in [7, 11) is 0. The number of fused-ring (bicyclic) bond motifs is 6. The second kappa shape index (κ2) is 8.72. The molecule has 2 heterocycles. The van der Waals surface area contributed by atoms with Crippen LogP contribution in [0.3, 0.4) is 0 Å². The van der Waals surface area contributed by atoms with Gasteiger partial charge in [-0.25, -0.2) is 0 Å². The van der Waals surface area contributed by atoms with E-state index in [9.17, 15) is 0 Å². The minimum atomic E-state index is 1.21. The summed E-state index contributed by atoms with van der Waals surface area (Å²) in [5.74, 6) is 0. The Labute approximate surface area is 233 Å². The molecule has 2 heteroatoms. The van der Waals surface area contributed by atoms with Crippen LogP contribution in [0.2, 0.25) is 0 Å². The SMILES string of the molecule is Cc1c(-n2c3ccccc3c3ccccc32)cc(-c2ccccc2)c(-n2c3ccccc3c3ccccc32)c1C. The number of nitrogens with zero attached hydrogens (tertiary/aromatic N) is 2. The zero-order valence-corrected chi connectivity index (χ0v) is 22.6. The zero-order chi connectivity index (χ0) is 26.8. The summed E-state index contributed by atoms with van der Waals surface area (Å²) in [6, 6.07) is 48.3. The van der Waals surface area contributed by atoms with E-state index in [1.165, 1.54) is 77.2 Å². The number of rotatable bonds is 3. The average molecular weight is 513 g/mol. The molecule has 6 aromatic carbocycles. The first-order chi connectivity index (χ1) is 19.7. The highest BCUT2D eigenvalue weighted by Gasteiger charge is 2.22. The van der Waals surface area contributed by atoms with Gasteiger partial charge in [0.05, 0.1) is 33.4 Å². The molecule has 0 bridgehead atoms. The summed E-state index contributed by atoms with van der Waals surface area (Å²) in [5, 5.41) is 5.12. The number of aromatic nitrogens is 2. The van der Waals surface area contributed by atoms with Gasteiger partial charge in [0.2, 0.25) is 0 Å². The van der Waals surface area contributed by atoms with E-state index in [-0.39, 0.29) is 0 Å². The summed E-state index contributed by atoms with van der Waals surface area (Å²) in [4.78, 5) is 0. The van der Waals surface area contributed by atoms with Crippen molar-refractivity contribution >= 4 is 43.6 Å². The van der Waals surface area contributed by atoms with Crippen LogP contribution in [0, 0.1) is 13.8 Å². The van der Waals surface area contributed by atoms with Gasteiger partial charge in [0.25, 0.3) is 0 Å². The van der Waals surface area contributed by atoms with Crippen molar-refractivity contribution in [3.8, 4) is 22.5 Å². The highest BCUT2D eigenvalue weighted by Crippen LogP contribution is 2.42. The van der Waals surface area contributed by atoms with Crippen molar-refractivity contribution in [1.82, 2.24) is 9.13 Å². The Kier molecular flexibility index (Phi) is 4.99. The second-order valence-electron chi connectivity index (χ2n) is 10.6. The molecule has 8 aromatic rings. The van der Waals surface area contributed by atoms with Crippen molar-refractivity contribution in [2.75, 3.05) is 0 Å². The molecule has 8 rings (SSSR count). The van der Waals surface area contributed by atoms with E-state index in [1.807, 2.05) is 0 Å². The van der Waals surface area contributed by atoms with Crippen LogP contribution in [0.15, 0.2) is 133 Å². The Morgan fingerprint density at radius 3 is 1.27 bits per heavy atom. The highest BCUT2D eigenvalue weighted by atomic mass is 15.0. The first kappa shape index (κ1) is 22.9. The lowest BCUT2D eigenvalue weighted by Gasteiger charge is -2.23. The molecule has 2 aromatic heterocycles. The quantitative estimate of drug-likeness (QED) is 0.223. The Morgan fingerprint density at radius 1 is 0.400 bits per heavy atom. The van der Waals surface area contributed by atoms with Gasteiger partial charge in [-0.2, -0.15) is 0 Å². The van der Waals surface area contributed by atoms with Crippen LogP contribution in [0.1, 0.15) is 11.1 Å². The van der Waals surface area contributed by atoms with E-state index in [0.29, 0.717) is 0 Å². The smallest absolute Gasteiger partial charge is 0.0573 e. The summed E-state index contributed by atoms with van der Waals surface area (Å²) < 4.78 is 4.93. The Hall–Kier alpha value is -5.08. The van der Waals surface area contributed by atoms with Crippen LogP contribution in [0.25, 0.3) is 66.1 Å². The lowest BCUT2D eigenvalue weighted by molar-refractivity contribution is 1.09. The topological polar surface area (TPSA) is 9.86 Å². The van der Waals surface area contributed by atoms with Crippen LogP contribution < -0.4 is 0 Å². The molecule has 190 valence electrons. The van der Waals surface area contributed by atoms with Crippen molar-refractivity contribution < 1.29 is 0 Å². The standard InChI is InChI=1S/C38H28N2/c1-25-26(2)38(40-35-22-12-8-18-30(35)31-19-9-13-23-36(31)40)32(27-14-4-3-5-15-27)24-37(25)39-33-20-10-6-16-28(33)29-17-7-11-21-34(29)39/h3-24H,1-2H3. The van der Waals surface area contributed by atoms with Gasteiger partial charge >= 0.3 is 0 Å². The van der Waals surface area contributed by atoms with Crippen LogP contribution >= 0.6 is 0 Å². The third-order valence-corrected chi connectivity index (χ3v) is 8.55. The van der Waals surface area contributed by atoms with Gasteiger partial charge in [-0.1, -0.05) is 103 Å². The van der Waals surface area contributed by atoms with Gasteiger partial charge < -0.3 is 9.13 Å². The van der Waals surface area contributed by atoms with Gasteiger partial charge in [-0.15, -0.1) is 0 Å². The Balaban J connectivity index is 1.54. The van der Waals surface area contributed by atoms with E-state index in [0.717, 1.165) is 0 Å². The fourth-order valence-corrected chi connectivity index (χ4v) is 6.59. The Bertz CT molecular complexity index is 2120. The maximum atomic E-state index is 2.48. The largest absolute Gasteiger partial charge is 0.309 e. The van der Waals surface area contributed by atoms with Crippen molar-refractivity contribution in [1.29, 1.82) is 0 Å². The minimum Gasteiger partial charge on any atom is -0.309 e. The second-order valence-corrected chi connectivity index (χ2v) is 10.6. The van der Waals surface area contributed by atoms with Gasteiger partial charge in [0, 0.05) is 27.1 Å². The molecule has 0 radical (unpaired) electrons. The van der Waals surface area contributed by atoms with Crippen molar-refractivity contribution in [2.45, 2.75) is 13.8 Å². The third kappa shape index (κ3) is 3.17. The molecule has 2 nitrogen and oxygen atoms in total. The van der Waals surface area contributed by atoms with E-state index in [2.05, 4.69) is 156 Å².